The van der Waals surface area contributed by atoms with Gasteiger partial charge in [0.2, 0.25) is 5.95 Å². The number of aliphatic imine (C=N–C) groups is 1. The smallest absolute Gasteiger partial charge is 0.231 e. The Morgan fingerprint density at radius 1 is 1.31 bits per heavy atom. The molecule has 0 saturated heterocycles. The topological polar surface area (TPSA) is 93.1 Å². The Balaban J connectivity index is 0.00000112. The van der Waals surface area contributed by atoms with Crippen molar-refractivity contribution in [1.29, 1.82) is 0 Å². The van der Waals surface area contributed by atoms with Crippen LogP contribution >= 0.6 is 24.8 Å². The summed E-state index contributed by atoms with van der Waals surface area (Å²) in [7, 11) is 0. The molecule has 1 heterocycles. The van der Waals surface area contributed by atoms with Crippen LogP contribution in [0.3, 0.4) is 0 Å². The van der Waals surface area contributed by atoms with E-state index in [4.69, 9.17) is 11.5 Å². The molecule has 0 saturated carbocycles. The summed E-state index contributed by atoms with van der Waals surface area (Å²) in [5.41, 5.74) is 13.4. The molecule has 1 aromatic carbocycles. The number of fused-ring (bicyclic) bond motifs is 1. The van der Waals surface area contributed by atoms with Gasteiger partial charge in [-0.2, -0.15) is 4.99 Å². The third-order valence-corrected chi connectivity index (χ3v) is 1.94. The molecule has 0 aliphatic heterocycles. The minimum absolute atomic E-state index is 0. The van der Waals surface area contributed by atoms with E-state index in [0.29, 0.717) is 5.95 Å². The number of nitrogens with two attached hydrogens (primary N) is 2. The summed E-state index contributed by atoms with van der Waals surface area (Å²) in [5, 5.41) is 0. The Hall–Kier alpha value is -1.46. The second kappa shape index (κ2) is 5.58. The van der Waals surface area contributed by atoms with Gasteiger partial charge in [0.25, 0.3) is 0 Å². The van der Waals surface area contributed by atoms with Crippen LogP contribution in [0.15, 0.2) is 23.2 Å². The summed E-state index contributed by atoms with van der Waals surface area (Å²) in [5.74, 6) is 0.441. The second-order valence-corrected chi connectivity index (χ2v) is 3.07. The number of guanidine groups is 1. The van der Waals surface area contributed by atoms with Crippen LogP contribution in [0.25, 0.3) is 11.0 Å². The third kappa shape index (κ3) is 2.77. The van der Waals surface area contributed by atoms with Crippen molar-refractivity contribution in [3.63, 3.8) is 0 Å². The standard InChI is InChI=1S/C9H11N5.2ClH/c1-5-3-2-4-6-7(5)13-9(12-6)14-8(10)11;;/h2-4H,1H3,(H5,10,11,12,13,14);2*1H. The largest absolute Gasteiger partial charge is 0.370 e. The first-order valence-corrected chi connectivity index (χ1v) is 4.22. The summed E-state index contributed by atoms with van der Waals surface area (Å²) in [6.07, 6.45) is 0. The zero-order valence-corrected chi connectivity index (χ0v) is 10.2. The van der Waals surface area contributed by atoms with Crippen LogP contribution in [0, 0.1) is 6.92 Å². The van der Waals surface area contributed by atoms with E-state index in [0.717, 1.165) is 16.6 Å². The highest BCUT2D eigenvalue weighted by molar-refractivity contribution is 5.85. The van der Waals surface area contributed by atoms with Crippen molar-refractivity contribution in [2.24, 2.45) is 16.5 Å². The number of hydrogen-bond donors (Lipinski definition) is 3. The summed E-state index contributed by atoms with van der Waals surface area (Å²) < 4.78 is 0. The molecule has 0 unspecified atom stereocenters. The van der Waals surface area contributed by atoms with Gasteiger partial charge in [0.05, 0.1) is 11.0 Å². The number of halogens is 2. The fourth-order valence-electron chi connectivity index (χ4n) is 1.34. The monoisotopic (exact) mass is 261 g/mol. The number of aryl methyl sites for hydroxylation is 1. The maximum Gasteiger partial charge on any atom is 0.231 e. The molecule has 2 rings (SSSR count). The lowest BCUT2D eigenvalue weighted by atomic mass is 10.2. The average Bonchev–Trinajstić information content (AvgIpc) is 2.47. The fourth-order valence-corrected chi connectivity index (χ4v) is 1.34. The molecular weight excluding hydrogens is 249 g/mol. The number of nitrogens with one attached hydrogen (secondary N) is 1. The van der Waals surface area contributed by atoms with Crippen molar-refractivity contribution in [1.82, 2.24) is 9.97 Å². The summed E-state index contributed by atoms with van der Waals surface area (Å²) in [4.78, 5) is 11.1. The predicted octanol–water partition coefficient (Wildman–Crippen LogP) is 1.62. The number of nitrogens with zero attached hydrogens (tertiary/aromatic N) is 2. The Morgan fingerprint density at radius 2 is 2.00 bits per heavy atom. The van der Waals surface area contributed by atoms with Gasteiger partial charge in [-0.1, -0.05) is 12.1 Å². The number of aromatic amines is 1. The molecule has 1 aromatic heterocycles. The lowest BCUT2D eigenvalue weighted by Crippen LogP contribution is -2.22. The van der Waals surface area contributed by atoms with Gasteiger partial charge in [0, 0.05) is 0 Å². The summed E-state index contributed by atoms with van der Waals surface area (Å²) in [6.45, 7) is 1.99. The molecule has 0 bridgehead atoms. The molecule has 7 heteroatoms. The van der Waals surface area contributed by atoms with E-state index < -0.39 is 0 Å². The van der Waals surface area contributed by atoms with Crippen LogP contribution in [-0.2, 0) is 0 Å². The van der Waals surface area contributed by atoms with E-state index in [9.17, 15) is 0 Å². The number of benzene rings is 1. The van der Waals surface area contributed by atoms with Crippen LogP contribution in [-0.4, -0.2) is 15.9 Å². The maximum atomic E-state index is 5.25. The Labute approximate surface area is 105 Å². The van der Waals surface area contributed by atoms with Gasteiger partial charge in [-0.3, -0.25) is 0 Å². The minimum Gasteiger partial charge on any atom is -0.370 e. The van der Waals surface area contributed by atoms with Gasteiger partial charge in [0.1, 0.15) is 0 Å². The summed E-state index contributed by atoms with van der Waals surface area (Å²) >= 11 is 0. The highest BCUT2D eigenvalue weighted by Crippen LogP contribution is 2.18. The quantitative estimate of drug-likeness (QED) is 0.538. The third-order valence-electron chi connectivity index (χ3n) is 1.94. The van der Waals surface area contributed by atoms with Crippen LogP contribution < -0.4 is 11.5 Å². The number of imidazole rings is 1. The molecule has 0 aliphatic carbocycles. The van der Waals surface area contributed by atoms with Gasteiger partial charge >= 0.3 is 0 Å². The number of aromatic nitrogens is 2. The fraction of sp³-hybridized carbons (Fsp3) is 0.111. The number of hydrogen-bond acceptors (Lipinski definition) is 2. The molecule has 0 aliphatic rings. The first kappa shape index (κ1) is 14.5. The molecule has 0 amide bonds. The summed E-state index contributed by atoms with van der Waals surface area (Å²) in [6, 6.07) is 5.87. The zero-order chi connectivity index (χ0) is 10.1. The van der Waals surface area contributed by atoms with E-state index in [2.05, 4.69) is 15.0 Å². The van der Waals surface area contributed by atoms with Crippen LogP contribution in [0.4, 0.5) is 5.95 Å². The molecule has 2 aromatic rings. The van der Waals surface area contributed by atoms with Crippen LogP contribution in [0.5, 0.6) is 0 Å². The highest BCUT2D eigenvalue weighted by Gasteiger charge is 2.02. The van der Waals surface area contributed by atoms with Gasteiger partial charge in [0.15, 0.2) is 5.96 Å². The Morgan fingerprint density at radius 3 is 2.56 bits per heavy atom. The molecule has 5 nitrogen and oxygen atoms in total. The minimum atomic E-state index is 0. The van der Waals surface area contributed by atoms with E-state index in [1.807, 2.05) is 25.1 Å². The molecular formula is C9H13Cl2N5. The average molecular weight is 262 g/mol. The first-order valence-electron chi connectivity index (χ1n) is 4.22. The predicted molar refractivity (Wildman–Crippen MR) is 70.8 cm³/mol. The highest BCUT2D eigenvalue weighted by atomic mass is 35.5. The SMILES string of the molecule is Cc1cccc2[nH]c(N=C(N)N)nc12.Cl.Cl. The van der Waals surface area contributed by atoms with Crippen LogP contribution in [0.1, 0.15) is 5.56 Å². The van der Waals surface area contributed by atoms with Crippen LogP contribution in [0.2, 0.25) is 0 Å². The maximum absolute atomic E-state index is 5.25. The van der Waals surface area contributed by atoms with Gasteiger partial charge < -0.3 is 16.5 Å². The van der Waals surface area contributed by atoms with Crippen molar-refractivity contribution in [2.75, 3.05) is 0 Å². The number of H-pyrrole nitrogens is 1. The lowest BCUT2D eigenvalue weighted by Gasteiger charge is -1.90. The first-order chi connectivity index (χ1) is 6.66. The number of rotatable bonds is 1. The molecule has 0 radical (unpaired) electrons. The van der Waals surface area contributed by atoms with Gasteiger partial charge in [-0.15, -0.1) is 24.8 Å². The van der Waals surface area contributed by atoms with E-state index in [1.165, 1.54) is 0 Å². The van der Waals surface area contributed by atoms with E-state index in [-0.39, 0.29) is 30.8 Å². The zero-order valence-electron chi connectivity index (χ0n) is 8.60. The number of para-hydroxylation sites is 1. The Kier molecular flexibility index (Phi) is 5.07. The van der Waals surface area contributed by atoms with Crippen molar-refractivity contribution >= 4 is 47.8 Å². The molecule has 5 N–H and O–H groups in total. The van der Waals surface area contributed by atoms with Gasteiger partial charge in [-0.25, -0.2) is 4.98 Å². The Bertz CT molecular complexity index is 502. The molecule has 0 atom stereocenters. The second-order valence-electron chi connectivity index (χ2n) is 3.07. The normalized spacial score (nSPS) is 9.06. The van der Waals surface area contributed by atoms with Gasteiger partial charge in [-0.05, 0) is 18.6 Å². The van der Waals surface area contributed by atoms with Crippen molar-refractivity contribution in [2.45, 2.75) is 6.92 Å². The van der Waals surface area contributed by atoms with E-state index >= 15 is 0 Å². The molecule has 16 heavy (non-hydrogen) atoms. The van der Waals surface area contributed by atoms with Crippen molar-refractivity contribution in [3.05, 3.63) is 23.8 Å². The van der Waals surface area contributed by atoms with E-state index in [1.54, 1.807) is 0 Å². The lowest BCUT2D eigenvalue weighted by molar-refractivity contribution is 1.24. The van der Waals surface area contributed by atoms with Crippen molar-refractivity contribution < 1.29 is 0 Å². The molecule has 0 spiro atoms. The van der Waals surface area contributed by atoms with Crippen molar-refractivity contribution in [3.8, 4) is 0 Å². The molecule has 0 fully saturated rings. The molecule has 88 valence electrons.